The predicted molar refractivity (Wildman–Crippen MR) is 85.1 cm³/mol. The van der Waals surface area contributed by atoms with Gasteiger partial charge in [0.25, 0.3) is 0 Å². The Bertz CT molecular complexity index is 610. The summed E-state index contributed by atoms with van der Waals surface area (Å²) < 4.78 is 0. The highest BCUT2D eigenvalue weighted by atomic mass is 15.2. The average Bonchev–Trinajstić information content (AvgIpc) is 2.47. The molecule has 0 bridgehead atoms. The van der Waals surface area contributed by atoms with Gasteiger partial charge in [0.15, 0.2) is 0 Å². The number of anilines is 2. The number of hydrogen-bond donors (Lipinski definition) is 1. The smallest absolute Gasteiger partial charge is 0.0955 e. The van der Waals surface area contributed by atoms with Crippen molar-refractivity contribution in [3.63, 3.8) is 0 Å². The molecule has 0 amide bonds. The molecule has 0 aliphatic carbocycles. The number of likely N-dealkylation sites (N-methyl/N-ethyl adjacent to an activating group) is 2. The maximum atomic E-state index is 6.06. The van der Waals surface area contributed by atoms with Crippen LogP contribution in [0.5, 0.6) is 0 Å². The van der Waals surface area contributed by atoms with E-state index in [0.717, 1.165) is 23.1 Å². The van der Waals surface area contributed by atoms with Crippen LogP contribution in [0.2, 0.25) is 0 Å². The average molecular weight is 270 g/mol. The van der Waals surface area contributed by atoms with Crippen molar-refractivity contribution in [1.29, 1.82) is 0 Å². The van der Waals surface area contributed by atoms with E-state index in [4.69, 9.17) is 5.73 Å². The van der Waals surface area contributed by atoms with Crippen LogP contribution in [0.15, 0.2) is 30.5 Å². The number of rotatable bonds is 2. The molecule has 106 valence electrons. The predicted octanol–water partition coefficient (Wildman–Crippen LogP) is 2.35. The number of pyridine rings is 1. The first kappa shape index (κ1) is 13.2. The lowest BCUT2D eigenvalue weighted by Crippen LogP contribution is -2.45. The largest absolute Gasteiger partial charge is 0.398 e. The summed E-state index contributed by atoms with van der Waals surface area (Å²) in [5.74, 6) is 0. The SMILES string of the molecule is CN1CCCC(N(C)c2ccc(N)c3cccnc23)C1. The number of nitrogens with two attached hydrogens (primary N) is 1. The van der Waals surface area contributed by atoms with Gasteiger partial charge in [-0.1, -0.05) is 0 Å². The molecule has 2 heterocycles. The molecule has 2 aromatic rings. The Hall–Kier alpha value is -1.81. The molecule has 0 saturated carbocycles. The molecule has 1 saturated heterocycles. The Balaban J connectivity index is 1.99. The highest BCUT2D eigenvalue weighted by Gasteiger charge is 2.22. The highest BCUT2D eigenvalue weighted by Crippen LogP contribution is 2.30. The van der Waals surface area contributed by atoms with E-state index in [1.165, 1.54) is 25.1 Å². The van der Waals surface area contributed by atoms with Crippen LogP contribution in [0.1, 0.15) is 12.8 Å². The Morgan fingerprint density at radius 1 is 1.35 bits per heavy atom. The van der Waals surface area contributed by atoms with Gasteiger partial charge in [0.1, 0.15) is 0 Å². The minimum Gasteiger partial charge on any atom is -0.398 e. The first-order valence-corrected chi connectivity index (χ1v) is 7.21. The van der Waals surface area contributed by atoms with Crippen LogP contribution in [-0.4, -0.2) is 43.1 Å². The fourth-order valence-corrected chi connectivity index (χ4v) is 3.12. The van der Waals surface area contributed by atoms with E-state index < -0.39 is 0 Å². The summed E-state index contributed by atoms with van der Waals surface area (Å²) in [5, 5.41) is 1.04. The van der Waals surface area contributed by atoms with Crippen LogP contribution < -0.4 is 10.6 Å². The summed E-state index contributed by atoms with van der Waals surface area (Å²) in [5.41, 5.74) is 9.04. The summed E-state index contributed by atoms with van der Waals surface area (Å²) in [4.78, 5) is 9.31. The monoisotopic (exact) mass is 270 g/mol. The van der Waals surface area contributed by atoms with E-state index in [1.807, 2.05) is 24.4 Å². The van der Waals surface area contributed by atoms with Gasteiger partial charge in [-0.25, -0.2) is 0 Å². The van der Waals surface area contributed by atoms with Crippen molar-refractivity contribution < 1.29 is 0 Å². The molecule has 1 unspecified atom stereocenters. The van der Waals surface area contributed by atoms with Crippen molar-refractivity contribution in [2.75, 3.05) is 37.8 Å². The van der Waals surface area contributed by atoms with Crippen LogP contribution in [0.25, 0.3) is 10.9 Å². The number of fused-ring (bicyclic) bond motifs is 1. The number of aromatic nitrogens is 1. The molecule has 2 N–H and O–H groups in total. The molecule has 1 aliphatic rings. The Labute approximate surface area is 120 Å². The van der Waals surface area contributed by atoms with Crippen molar-refractivity contribution in [3.05, 3.63) is 30.5 Å². The molecule has 4 nitrogen and oxygen atoms in total. The van der Waals surface area contributed by atoms with Gasteiger partial charge >= 0.3 is 0 Å². The van der Waals surface area contributed by atoms with Gasteiger partial charge < -0.3 is 15.5 Å². The second-order valence-corrected chi connectivity index (χ2v) is 5.74. The van der Waals surface area contributed by atoms with E-state index in [2.05, 4.69) is 34.9 Å². The van der Waals surface area contributed by atoms with Gasteiger partial charge in [-0.2, -0.15) is 0 Å². The van der Waals surface area contributed by atoms with E-state index in [-0.39, 0.29) is 0 Å². The molecular formula is C16H22N4. The summed E-state index contributed by atoms with van der Waals surface area (Å²) in [6.45, 7) is 2.31. The van der Waals surface area contributed by atoms with E-state index in [9.17, 15) is 0 Å². The lowest BCUT2D eigenvalue weighted by molar-refractivity contribution is 0.248. The van der Waals surface area contributed by atoms with Crippen molar-refractivity contribution in [1.82, 2.24) is 9.88 Å². The quantitative estimate of drug-likeness (QED) is 0.851. The molecule has 1 fully saturated rings. The van der Waals surface area contributed by atoms with Crippen LogP contribution >= 0.6 is 0 Å². The Morgan fingerprint density at radius 2 is 2.20 bits per heavy atom. The molecule has 1 aromatic heterocycles. The number of hydrogen-bond acceptors (Lipinski definition) is 4. The Kier molecular flexibility index (Phi) is 3.49. The van der Waals surface area contributed by atoms with Crippen molar-refractivity contribution in [2.45, 2.75) is 18.9 Å². The van der Waals surface area contributed by atoms with Crippen LogP contribution in [0, 0.1) is 0 Å². The molecular weight excluding hydrogens is 248 g/mol. The molecule has 0 spiro atoms. The molecule has 1 aliphatic heterocycles. The molecule has 1 atom stereocenters. The Morgan fingerprint density at radius 3 is 3.00 bits per heavy atom. The van der Waals surface area contributed by atoms with E-state index >= 15 is 0 Å². The number of piperidine rings is 1. The molecule has 1 aromatic carbocycles. The molecule has 4 heteroatoms. The minimum atomic E-state index is 0.544. The summed E-state index contributed by atoms with van der Waals surface area (Å²) in [6.07, 6.45) is 4.33. The van der Waals surface area contributed by atoms with E-state index in [0.29, 0.717) is 6.04 Å². The first-order chi connectivity index (χ1) is 9.66. The fourth-order valence-electron chi connectivity index (χ4n) is 3.12. The summed E-state index contributed by atoms with van der Waals surface area (Å²) in [6, 6.07) is 8.61. The maximum absolute atomic E-state index is 6.06. The highest BCUT2D eigenvalue weighted by molar-refractivity contribution is 5.98. The standard InChI is InChI=1S/C16H22N4/c1-19-10-4-5-12(11-19)20(2)15-8-7-14(17)13-6-3-9-18-16(13)15/h3,6-9,12H,4-5,10-11,17H2,1-2H3. The normalized spacial score (nSPS) is 20.2. The van der Waals surface area contributed by atoms with Gasteiger partial charge in [-0.15, -0.1) is 0 Å². The van der Waals surface area contributed by atoms with Gasteiger partial charge in [-0.3, -0.25) is 4.98 Å². The van der Waals surface area contributed by atoms with Gasteiger partial charge in [0, 0.05) is 36.9 Å². The zero-order valence-corrected chi connectivity index (χ0v) is 12.2. The molecule has 0 radical (unpaired) electrons. The third-order valence-electron chi connectivity index (χ3n) is 4.31. The number of benzene rings is 1. The van der Waals surface area contributed by atoms with Crippen LogP contribution in [-0.2, 0) is 0 Å². The third-order valence-corrected chi connectivity index (χ3v) is 4.31. The molecule has 20 heavy (non-hydrogen) atoms. The van der Waals surface area contributed by atoms with Gasteiger partial charge in [-0.05, 0) is 50.7 Å². The summed E-state index contributed by atoms with van der Waals surface area (Å²) >= 11 is 0. The number of likely N-dealkylation sites (tertiary alicyclic amines) is 1. The van der Waals surface area contributed by atoms with Crippen molar-refractivity contribution >= 4 is 22.3 Å². The zero-order chi connectivity index (χ0) is 14.1. The molecule has 3 rings (SSSR count). The second kappa shape index (κ2) is 5.29. The van der Waals surface area contributed by atoms with Gasteiger partial charge in [0.2, 0.25) is 0 Å². The van der Waals surface area contributed by atoms with Crippen molar-refractivity contribution in [2.24, 2.45) is 0 Å². The summed E-state index contributed by atoms with van der Waals surface area (Å²) in [7, 11) is 4.36. The van der Waals surface area contributed by atoms with Crippen LogP contribution in [0.4, 0.5) is 11.4 Å². The minimum absolute atomic E-state index is 0.544. The maximum Gasteiger partial charge on any atom is 0.0955 e. The van der Waals surface area contributed by atoms with Crippen molar-refractivity contribution in [3.8, 4) is 0 Å². The third kappa shape index (κ3) is 2.31. The number of nitrogens with zero attached hydrogens (tertiary/aromatic N) is 3. The number of nitrogen functional groups attached to an aromatic ring is 1. The van der Waals surface area contributed by atoms with E-state index in [1.54, 1.807) is 0 Å². The fraction of sp³-hybridized carbons (Fsp3) is 0.438. The zero-order valence-electron chi connectivity index (χ0n) is 12.2. The lowest BCUT2D eigenvalue weighted by Gasteiger charge is -2.37. The lowest BCUT2D eigenvalue weighted by atomic mass is 10.0. The van der Waals surface area contributed by atoms with Gasteiger partial charge in [0.05, 0.1) is 11.2 Å². The topological polar surface area (TPSA) is 45.4 Å². The second-order valence-electron chi connectivity index (χ2n) is 5.74. The first-order valence-electron chi connectivity index (χ1n) is 7.21. The van der Waals surface area contributed by atoms with Crippen LogP contribution in [0.3, 0.4) is 0 Å².